The highest BCUT2D eigenvalue weighted by molar-refractivity contribution is 5.97. The summed E-state index contributed by atoms with van der Waals surface area (Å²) in [6, 6.07) is 14.9. The zero-order valence-electron chi connectivity index (χ0n) is 21.8. The Bertz CT molecular complexity index is 1370. The van der Waals surface area contributed by atoms with Crippen LogP contribution in [0.15, 0.2) is 48.5 Å². The fraction of sp³-hybridized carbons (Fsp3) is 0.367. The van der Waals surface area contributed by atoms with Gasteiger partial charge in [-0.15, -0.1) is 0 Å². The fourth-order valence-electron chi connectivity index (χ4n) is 5.63. The molecule has 1 saturated heterocycles. The number of nitrogens with zero attached hydrogens (tertiary/aromatic N) is 3. The normalized spacial score (nSPS) is 17.2. The van der Waals surface area contributed by atoms with Crippen LogP contribution >= 0.6 is 0 Å². The largest absolute Gasteiger partial charge is 0.497 e. The minimum Gasteiger partial charge on any atom is -0.497 e. The third-order valence-corrected chi connectivity index (χ3v) is 7.51. The molecule has 0 spiro atoms. The highest BCUT2D eigenvalue weighted by Gasteiger charge is 2.36. The second kappa shape index (κ2) is 11.0. The smallest absolute Gasteiger partial charge is 0.298 e. The maximum absolute atomic E-state index is 12.6. The number of methoxy groups -OCH3 is 1. The van der Waals surface area contributed by atoms with Crippen molar-refractivity contribution in [3.05, 3.63) is 60.0 Å². The number of rotatable bonds is 6. The minimum atomic E-state index is -0.475. The summed E-state index contributed by atoms with van der Waals surface area (Å²) in [4.78, 5) is 31.7. The number of primary amides is 1. The van der Waals surface area contributed by atoms with E-state index >= 15 is 0 Å². The monoisotopic (exact) mass is 512 g/mol. The molecule has 0 saturated carbocycles. The van der Waals surface area contributed by atoms with Crippen LogP contribution in [-0.2, 0) is 11.3 Å². The van der Waals surface area contributed by atoms with E-state index < -0.39 is 5.91 Å². The van der Waals surface area contributed by atoms with Crippen LogP contribution < -0.4 is 15.2 Å². The lowest BCUT2D eigenvalue weighted by molar-refractivity contribution is -0.126. The van der Waals surface area contributed by atoms with E-state index in [4.69, 9.17) is 20.2 Å². The first-order valence-corrected chi connectivity index (χ1v) is 13.0. The number of hydrogen-bond donors (Lipinski definition) is 1. The Morgan fingerprint density at radius 2 is 1.58 bits per heavy atom. The van der Waals surface area contributed by atoms with Gasteiger partial charge in [-0.05, 0) is 93.0 Å². The summed E-state index contributed by atoms with van der Waals surface area (Å²) in [6.07, 6.45) is 3.76. The molecule has 3 aromatic rings. The predicted octanol–water partition coefficient (Wildman–Crippen LogP) is 4.59. The molecular weight excluding hydrogens is 480 g/mol. The molecule has 0 aliphatic carbocycles. The van der Waals surface area contributed by atoms with Crippen molar-refractivity contribution in [3.63, 3.8) is 0 Å². The van der Waals surface area contributed by atoms with Crippen molar-refractivity contribution in [1.29, 1.82) is 0 Å². The van der Waals surface area contributed by atoms with E-state index in [-0.39, 0.29) is 11.8 Å². The van der Waals surface area contributed by atoms with Gasteiger partial charge in [-0.25, -0.2) is 4.98 Å². The van der Waals surface area contributed by atoms with Gasteiger partial charge in [0.05, 0.1) is 7.11 Å². The molecule has 2 aromatic carbocycles. The molecule has 1 atom stereocenters. The van der Waals surface area contributed by atoms with Gasteiger partial charge in [0.1, 0.15) is 34.5 Å². The number of fused-ring (bicyclic) bond motifs is 1. The Hall–Kier alpha value is -4.25. The Morgan fingerprint density at radius 1 is 0.947 bits per heavy atom. The molecule has 38 heavy (non-hydrogen) atoms. The maximum atomic E-state index is 12.6. The number of amides is 2. The summed E-state index contributed by atoms with van der Waals surface area (Å²) in [6.45, 7) is 3.79. The van der Waals surface area contributed by atoms with Gasteiger partial charge in [0, 0.05) is 31.1 Å². The second-order valence-electron chi connectivity index (χ2n) is 9.74. The molecule has 5 rings (SSSR count). The van der Waals surface area contributed by atoms with Crippen LogP contribution in [-0.4, -0.2) is 46.5 Å². The SMILES string of the molecule is CC#CC(=O)N1CCC(C2CCCn3c2nc(-c2ccc(Oc4ccc(OC)cc4)cc2)c3C(N)=O)CC1. The zero-order chi connectivity index (χ0) is 26.6. The Labute approximate surface area is 222 Å². The summed E-state index contributed by atoms with van der Waals surface area (Å²) in [5.74, 6) is 8.45. The highest BCUT2D eigenvalue weighted by Crippen LogP contribution is 2.41. The van der Waals surface area contributed by atoms with Crippen molar-refractivity contribution in [2.75, 3.05) is 20.2 Å². The van der Waals surface area contributed by atoms with Gasteiger partial charge in [-0.1, -0.05) is 5.92 Å². The fourth-order valence-corrected chi connectivity index (χ4v) is 5.63. The van der Waals surface area contributed by atoms with Crippen molar-refractivity contribution in [1.82, 2.24) is 14.5 Å². The summed E-state index contributed by atoms with van der Waals surface area (Å²) in [5.41, 5.74) is 7.78. The molecule has 0 radical (unpaired) electrons. The number of carbonyl (C=O) groups is 2. The summed E-state index contributed by atoms with van der Waals surface area (Å²) in [7, 11) is 1.62. The standard InChI is InChI=1S/C30H32N4O4/c1-3-5-26(35)33-18-15-20(16-19-33)25-6-4-17-34-28(29(31)36)27(32-30(25)34)21-7-9-23(10-8-21)38-24-13-11-22(37-2)12-14-24/h7-14,20,25H,4,6,15-19H2,1-2H3,(H2,31,36). The van der Waals surface area contributed by atoms with Crippen LogP contribution in [0.2, 0.25) is 0 Å². The number of hydrogen-bond acceptors (Lipinski definition) is 5. The first kappa shape index (κ1) is 25.4. The van der Waals surface area contributed by atoms with Crippen molar-refractivity contribution >= 4 is 11.8 Å². The highest BCUT2D eigenvalue weighted by atomic mass is 16.5. The van der Waals surface area contributed by atoms with Crippen LogP contribution in [0.25, 0.3) is 11.3 Å². The van der Waals surface area contributed by atoms with Crippen LogP contribution in [0.1, 0.15) is 54.8 Å². The van der Waals surface area contributed by atoms with E-state index in [1.54, 1.807) is 14.0 Å². The molecule has 1 unspecified atom stereocenters. The molecule has 8 heteroatoms. The molecule has 0 bridgehead atoms. The molecular formula is C30H32N4O4. The maximum Gasteiger partial charge on any atom is 0.298 e. The lowest BCUT2D eigenvalue weighted by Gasteiger charge is -2.37. The van der Waals surface area contributed by atoms with Crippen molar-refractivity contribution in [2.24, 2.45) is 11.7 Å². The van der Waals surface area contributed by atoms with Crippen molar-refractivity contribution < 1.29 is 19.1 Å². The van der Waals surface area contributed by atoms with Crippen molar-refractivity contribution in [3.8, 4) is 40.3 Å². The Balaban J connectivity index is 1.37. The van der Waals surface area contributed by atoms with E-state index in [9.17, 15) is 9.59 Å². The molecule has 2 aliphatic heterocycles. The number of imidazole rings is 1. The molecule has 196 valence electrons. The van der Waals surface area contributed by atoms with E-state index in [0.717, 1.165) is 49.4 Å². The third kappa shape index (κ3) is 5.10. The van der Waals surface area contributed by atoms with Gasteiger partial charge >= 0.3 is 0 Å². The average molecular weight is 513 g/mol. The Morgan fingerprint density at radius 3 is 2.18 bits per heavy atom. The third-order valence-electron chi connectivity index (χ3n) is 7.51. The zero-order valence-corrected chi connectivity index (χ0v) is 21.8. The quantitative estimate of drug-likeness (QED) is 0.487. The molecule has 8 nitrogen and oxygen atoms in total. The number of ether oxygens (including phenoxy) is 2. The minimum absolute atomic E-state index is 0.103. The number of likely N-dealkylation sites (tertiary alicyclic amines) is 1. The van der Waals surface area contributed by atoms with Gasteiger partial charge in [0.15, 0.2) is 0 Å². The predicted molar refractivity (Wildman–Crippen MR) is 144 cm³/mol. The van der Waals surface area contributed by atoms with Gasteiger partial charge in [0.2, 0.25) is 0 Å². The lowest BCUT2D eigenvalue weighted by Crippen LogP contribution is -2.40. The van der Waals surface area contributed by atoms with E-state index in [1.165, 1.54) is 0 Å². The topological polar surface area (TPSA) is 99.7 Å². The van der Waals surface area contributed by atoms with Gasteiger partial charge in [-0.3, -0.25) is 9.59 Å². The summed E-state index contributed by atoms with van der Waals surface area (Å²) < 4.78 is 13.2. The van der Waals surface area contributed by atoms with Gasteiger partial charge < -0.3 is 24.7 Å². The van der Waals surface area contributed by atoms with E-state index in [0.29, 0.717) is 41.9 Å². The van der Waals surface area contributed by atoms with E-state index in [2.05, 4.69) is 11.8 Å². The van der Waals surface area contributed by atoms with Gasteiger partial charge in [0.25, 0.3) is 11.8 Å². The second-order valence-corrected chi connectivity index (χ2v) is 9.74. The van der Waals surface area contributed by atoms with Crippen LogP contribution in [0.5, 0.6) is 17.2 Å². The van der Waals surface area contributed by atoms with Gasteiger partial charge in [-0.2, -0.15) is 0 Å². The van der Waals surface area contributed by atoms with Crippen LogP contribution in [0.4, 0.5) is 0 Å². The Kier molecular flexibility index (Phi) is 7.36. The average Bonchev–Trinajstić information content (AvgIpc) is 3.34. The first-order chi connectivity index (χ1) is 18.5. The summed E-state index contributed by atoms with van der Waals surface area (Å²) in [5, 5.41) is 0. The number of aromatic nitrogens is 2. The first-order valence-electron chi connectivity index (χ1n) is 13.0. The number of benzene rings is 2. The molecule has 3 heterocycles. The molecule has 2 N–H and O–H groups in total. The lowest BCUT2D eigenvalue weighted by atomic mass is 9.79. The molecule has 1 aromatic heterocycles. The molecule has 2 amide bonds. The summed E-state index contributed by atoms with van der Waals surface area (Å²) >= 11 is 0. The number of nitrogens with two attached hydrogens (primary N) is 1. The van der Waals surface area contributed by atoms with Crippen molar-refractivity contribution in [2.45, 2.75) is 45.1 Å². The number of carbonyl (C=O) groups excluding carboxylic acids is 2. The van der Waals surface area contributed by atoms with Crippen LogP contribution in [0, 0.1) is 17.8 Å². The van der Waals surface area contributed by atoms with E-state index in [1.807, 2.05) is 58.0 Å². The van der Waals surface area contributed by atoms with Crippen LogP contribution in [0.3, 0.4) is 0 Å². The molecule has 2 aliphatic rings. The number of piperidine rings is 1. The molecule has 1 fully saturated rings.